The number of hydrogen-bond donors (Lipinski definition) is 1. The molecule has 1 rings (SSSR count). The summed E-state index contributed by atoms with van der Waals surface area (Å²) in [6, 6.07) is 5.79. The second kappa shape index (κ2) is 3.59. The number of nitrogens with zero attached hydrogens (tertiary/aromatic N) is 1. The first-order valence-corrected chi connectivity index (χ1v) is 3.55. The molecule has 4 nitrogen and oxygen atoms in total. The third-order valence-electron chi connectivity index (χ3n) is 1.35. The van der Waals surface area contributed by atoms with Crippen LogP contribution in [-0.2, 0) is 4.79 Å². The highest BCUT2D eigenvalue weighted by molar-refractivity contribution is 5.69. The van der Waals surface area contributed by atoms with Crippen LogP contribution in [0.25, 0.3) is 0 Å². The van der Waals surface area contributed by atoms with Crippen LogP contribution in [0.2, 0.25) is 0 Å². The SMILES string of the molecule is CC(=O)Oc1ccc(O)c(C#N)c1. The predicted octanol–water partition coefficient (Wildman–Crippen LogP) is 1.19. The molecule has 0 aliphatic rings. The van der Waals surface area contributed by atoms with Crippen molar-refractivity contribution in [3.8, 4) is 17.6 Å². The number of phenolic OH excluding ortho intramolecular Hbond substituents is 1. The van der Waals surface area contributed by atoms with Crippen molar-refractivity contribution in [1.82, 2.24) is 0 Å². The molecule has 0 amide bonds. The van der Waals surface area contributed by atoms with Gasteiger partial charge in [0, 0.05) is 13.0 Å². The zero-order chi connectivity index (χ0) is 9.84. The molecule has 1 aromatic carbocycles. The summed E-state index contributed by atoms with van der Waals surface area (Å²) < 4.78 is 4.71. The average molecular weight is 177 g/mol. The molecule has 0 aliphatic carbocycles. The predicted molar refractivity (Wildman–Crippen MR) is 44.1 cm³/mol. The number of nitriles is 1. The lowest BCUT2D eigenvalue weighted by Crippen LogP contribution is -2.01. The van der Waals surface area contributed by atoms with Gasteiger partial charge in [-0.1, -0.05) is 0 Å². The average Bonchev–Trinajstić information content (AvgIpc) is 2.07. The number of rotatable bonds is 1. The Morgan fingerprint density at radius 1 is 1.62 bits per heavy atom. The van der Waals surface area contributed by atoms with E-state index in [9.17, 15) is 4.79 Å². The molecule has 66 valence electrons. The lowest BCUT2D eigenvalue weighted by atomic mass is 10.2. The summed E-state index contributed by atoms with van der Waals surface area (Å²) in [5.74, 6) is -0.338. The summed E-state index contributed by atoms with van der Waals surface area (Å²) in [5, 5.41) is 17.6. The van der Waals surface area contributed by atoms with E-state index in [1.807, 2.05) is 0 Å². The maximum absolute atomic E-state index is 10.5. The molecule has 0 fully saturated rings. The number of benzene rings is 1. The molecule has 1 aromatic rings. The fourth-order valence-corrected chi connectivity index (χ4v) is 0.834. The number of carbonyl (C=O) groups is 1. The van der Waals surface area contributed by atoms with Crippen molar-refractivity contribution in [1.29, 1.82) is 5.26 Å². The van der Waals surface area contributed by atoms with E-state index < -0.39 is 5.97 Å². The molecule has 0 aliphatic heterocycles. The van der Waals surface area contributed by atoms with Gasteiger partial charge in [0.25, 0.3) is 0 Å². The van der Waals surface area contributed by atoms with Gasteiger partial charge in [0.1, 0.15) is 17.6 Å². The molecule has 0 atom stereocenters. The van der Waals surface area contributed by atoms with Crippen molar-refractivity contribution < 1.29 is 14.6 Å². The Morgan fingerprint density at radius 3 is 2.85 bits per heavy atom. The number of carbonyl (C=O) groups excluding carboxylic acids is 1. The minimum atomic E-state index is -0.463. The maximum atomic E-state index is 10.5. The number of esters is 1. The van der Waals surface area contributed by atoms with Crippen LogP contribution < -0.4 is 4.74 Å². The van der Waals surface area contributed by atoms with Gasteiger partial charge in [0.2, 0.25) is 0 Å². The smallest absolute Gasteiger partial charge is 0.308 e. The standard InChI is InChI=1S/C9H7NO3/c1-6(11)13-8-2-3-9(12)7(4-8)5-10/h2-4,12H,1H3. The zero-order valence-electron chi connectivity index (χ0n) is 6.94. The van der Waals surface area contributed by atoms with Crippen molar-refractivity contribution in [2.45, 2.75) is 6.92 Å². The highest BCUT2D eigenvalue weighted by atomic mass is 16.5. The van der Waals surface area contributed by atoms with Gasteiger partial charge in [-0.15, -0.1) is 0 Å². The van der Waals surface area contributed by atoms with Gasteiger partial charge in [-0.2, -0.15) is 5.26 Å². The molecule has 0 saturated carbocycles. The van der Waals surface area contributed by atoms with Crippen LogP contribution in [0.4, 0.5) is 0 Å². The van der Waals surface area contributed by atoms with Crippen molar-refractivity contribution in [2.75, 3.05) is 0 Å². The Morgan fingerprint density at radius 2 is 2.31 bits per heavy atom. The van der Waals surface area contributed by atoms with Crippen LogP contribution in [0.15, 0.2) is 18.2 Å². The summed E-state index contributed by atoms with van der Waals surface area (Å²) in [5.41, 5.74) is 0.0822. The molecular weight excluding hydrogens is 170 g/mol. The molecule has 1 N–H and O–H groups in total. The van der Waals surface area contributed by atoms with Crippen LogP contribution in [0.3, 0.4) is 0 Å². The van der Waals surface area contributed by atoms with Crippen LogP contribution in [0, 0.1) is 11.3 Å². The molecule has 0 bridgehead atoms. The number of ether oxygens (including phenoxy) is 1. The van der Waals surface area contributed by atoms with E-state index in [1.54, 1.807) is 6.07 Å². The fourth-order valence-electron chi connectivity index (χ4n) is 0.834. The number of hydrogen-bond acceptors (Lipinski definition) is 4. The molecule has 0 saturated heterocycles. The Labute approximate surface area is 75.0 Å². The summed E-state index contributed by atoms with van der Waals surface area (Å²) in [6.07, 6.45) is 0. The van der Waals surface area contributed by atoms with E-state index in [-0.39, 0.29) is 17.1 Å². The van der Waals surface area contributed by atoms with Gasteiger partial charge in [-0.25, -0.2) is 0 Å². The van der Waals surface area contributed by atoms with E-state index >= 15 is 0 Å². The molecular formula is C9H7NO3. The second-order valence-corrected chi connectivity index (χ2v) is 2.38. The fraction of sp³-hybridized carbons (Fsp3) is 0.111. The van der Waals surface area contributed by atoms with E-state index in [4.69, 9.17) is 15.1 Å². The molecule has 4 heteroatoms. The molecule has 0 spiro atoms. The minimum absolute atomic E-state index is 0.0822. The summed E-state index contributed by atoms with van der Waals surface area (Å²) in [7, 11) is 0. The molecule has 0 aromatic heterocycles. The van der Waals surface area contributed by atoms with Gasteiger partial charge < -0.3 is 9.84 Å². The summed E-state index contributed by atoms with van der Waals surface area (Å²) in [6.45, 7) is 1.26. The van der Waals surface area contributed by atoms with Crippen molar-refractivity contribution in [2.24, 2.45) is 0 Å². The van der Waals surface area contributed by atoms with Gasteiger partial charge in [0.05, 0.1) is 5.56 Å². The van der Waals surface area contributed by atoms with Gasteiger partial charge in [-0.05, 0) is 12.1 Å². The van der Waals surface area contributed by atoms with Crippen LogP contribution in [0.1, 0.15) is 12.5 Å². The Kier molecular flexibility index (Phi) is 2.50. The monoisotopic (exact) mass is 177 g/mol. The topological polar surface area (TPSA) is 70.3 Å². The molecule has 13 heavy (non-hydrogen) atoms. The Bertz CT molecular complexity index is 379. The van der Waals surface area contributed by atoms with Gasteiger partial charge in [-0.3, -0.25) is 4.79 Å². The van der Waals surface area contributed by atoms with E-state index in [0.29, 0.717) is 0 Å². The first kappa shape index (κ1) is 9.07. The van der Waals surface area contributed by atoms with Crippen molar-refractivity contribution in [3.05, 3.63) is 23.8 Å². The van der Waals surface area contributed by atoms with Gasteiger partial charge >= 0.3 is 5.97 Å². The van der Waals surface area contributed by atoms with Crippen LogP contribution >= 0.6 is 0 Å². The highest BCUT2D eigenvalue weighted by Crippen LogP contribution is 2.21. The third-order valence-corrected chi connectivity index (χ3v) is 1.35. The van der Waals surface area contributed by atoms with Crippen LogP contribution in [-0.4, -0.2) is 11.1 Å². The third kappa shape index (κ3) is 2.20. The van der Waals surface area contributed by atoms with Gasteiger partial charge in [0.15, 0.2) is 0 Å². The first-order chi connectivity index (χ1) is 6.13. The first-order valence-electron chi connectivity index (χ1n) is 3.55. The minimum Gasteiger partial charge on any atom is -0.507 e. The number of phenols is 1. The number of aromatic hydroxyl groups is 1. The molecule has 0 heterocycles. The normalized spacial score (nSPS) is 8.92. The Hall–Kier alpha value is -2.02. The molecule has 0 radical (unpaired) electrons. The zero-order valence-corrected chi connectivity index (χ0v) is 6.94. The lowest BCUT2D eigenvalue weighted by molar-refractivity contribution is -0.131. The quantitative estimate of drug-likeness (QED) is 0.516. The highest BCUT2D eigenvalue weighted by Gasteiger charge is 2.03. The van der Waals surface area contributed by atoms with Crippen LogP contribution in [0.5, 0.6) is 11.5 Å². The second-order valence-electron chi connectivity index (χ2n) is 2.38. The Balaban J connectivity index is 3.01. The van der Waals surface area contributed by atoms with E-state index in [1.165, 1.54) is 25.1 Å². The van der Waals surface area contributed by atoms with E-state index in [2.05, 4.69) is 0 Å². The molecule has 0 unspecified atom stereocenters. The largest absolute Gasteiger partial charge is 0.507 e. The summed E-state index contributed by atoms with van der Waals surface area (Å²) >= 11 is 0. The van der Waals surface area contributed by atoms with Crippen molar-refractivity contribution in [3.63, 3.8) is 0 Å². The maximum Gasteiger partial charge on any atom is 0.308 e. The lowest BCUT2D eigenvalue weighted by Gasteiger charge is -2.01. The van der Waals surface area contributed by atoms with Crippen molar-refractivity contribution >= 4 is 5.97 Å². The van der Waals surface area contributed by atoms with E-state index in [0.717, 1.165) is 0 Å². The summed E-state index contributed by atoms with van der Waals surface area (Å²) in [4.78, 5) is 10.5.